The predicted molar refractivity (Wildman–Crippen MR) is 144 cm³/mol. The van der Waals surface area contributed by atoms with Crippen LogP contribution in [0.3, 0.4) is 0 Å². The molecule has 212 valence electrons. The van der Waals surface area contributed by atoms with Gasteiger partial charge in [0.2, 0.25) is 11.2 Å². The van der Waals surface area contributed by atoms with Gasteiger partial charge in [-0.1, -0.05) is 12.1 Å². The Balaban J connectivity index is 1.64. The Morgan fingerprint density at radius 1 is 1.07 bits per heavy atom. The second-order valence-corrected chi connectivity index (χ2v) is 9.39. The molecule has 11 nitrogen and oxygen atoms in total. The monoisotopic (exact) mass is 552 g/mol. The number of methoxy groups -OCH3 is 3. The topological polar surface area (TPSA) is 151 Å². The summed E-state index contributed by atoms with van der Waals surface area (Å²) in [7, 11) is 4.43. The molecule has 4 rings (SSSR count). The lowest BCUT2D eigenvalue weighted by Crippen LogP contribution is -2.30. The fourth-order valence-electron chi connectivity index (χ4n) is 4.75. The van der Waals surface area contributed by atoms with E-state index in [1.54, 1.807) is 38.5 Å². The molecular weight excluding hydrogens is 520 g/mol. The molecule has 0 saturated carbocycles. The number of esters is 1. The van der Waals surface area contributed by atoms with Crippen LogP contribution in [0.25, 0.3) is 0 Å². The van der Waals surface area contributed by atoms with Gasteiger partial charge in [-0.15, -0.1) is 0 Å². The first-order valence-corrected chi connectivity index (χ1v) is 12.6. The van der Waals surface area contributed by atoms with Gasteiger partial charge >= 0.3 is 5.97 Å². The van der Waals surface area contributed by atoms with Crippen molar-refractivity contribution in [2.75, 3.05) is 34.5 Å². The molecule has 0 spiro atoms. The molecule has 3 aromatic rings. The number of nitrogens with zero attached hydrogens (tertiary/aromatic N) is 1. The van der Waals surface area contributed by atoms with Gasteiger partial charge in [0.15, 0.2) is 23.9 Å². The highest BCUT2D eigenvalue weighted by atomic mass is 16.5. The standard InChI is InChI=1S/C29H32N2O9/c1-36-24-10-17-7-8-31(14-19(17)11-25(24)37-2)15-21-12-23(32)28(35)29(40-21)22(13-27(34)38-3)18-5-4-6-20(9-18)39-16-26(30)33/h4-6,9-12,22,35H,7-8,13-16H2,1-3H3,(H2,30,33)/t22-/m0/s1. The summed E-state index contributed by atoms with van der Waals surface area (Å²) in [6.07, 6.45) is 0.544. The van der Waals surface area contributed by atoms with Crippen molar-refractivity contribution in [1.82, 2.24) is 4.90 Å². The van der Waals surface area contributed by atoms with E-state index >= 15 is 0 Å². The number of carbonyl (C=O) groups is 2. The van der Waals surface area contributed by atoms with Crippen LogP contribution >= 0.6 is 0 Å². The number of aromatic hydroxyl groups is 1. The normalized spacial score (nSPS) is 13.7. The van der Waals surface area contributed by atoms with Crippen molar-refractivity contribution in [3.63, 3.8) is 0 Å². The maximum atomic E-state index is 12.8. The third-order valence-corrected chi connectivity index (χ3v) is 6.73. The first kappa shape index (κ1) is 28.5. The van der Waals surface area contributed by atoms with E-state index in [1.807, 2.05) is 12.1 Å². The molecule has 3 N–H and O–H groups in total. The van der Waals surface area contributed by atoms with Crippen molar-refractivity contribution in [3.05, 3.63) is 80.9 Å². The van der Waals surface area contributed by atoms with Crippen molar-refractivity contribution in [3.8, 4) is 23.0 Å². The van der Waals surface area contributed by atoms with Crippen LogP contribution < -0.4 is 25.4 Å². The molecule has 0 saturated heterocycles. The van der Waals surface area contributed by atoms with Crippen molar-refractivity contribution >= 4 is 11.9 Å². The fourth-order valence-corrected chi connectivity index (χ4v) is 4.75. The quantitative estimate of drug-likeness (QED) is 0.340. The third kappa shape index (κ3) is 6.55. The number of rotatable bonds is 11. The van der Waals surface area contributed by atoms with Gasteiger partial charge in [0, 0.05) is 19.2 Å². The number of ether oxygens (including phenoxy) is 4. The van der Waals surface area contributed by atoms with Gasteiger partial charge in [0.05, 0.1) is 40.2 Å². The van der Waals surface area contributed by atoms with E-state index in [0.717, 1.165) is 17.5 Å². The molecule has 0 bridgehead atoms. The van der Waals surface area contributed by atoms with E-state index in [0.29, 0.717) is 48.2 Å². The minimum absolute atomic E-state index is 0.0660. The van der Waals surface area contributed by atoms with Gasteiger partial charge in [-0.05, 0) is 47.4 Å². The number of nitrogens with two attached hydrogens (primary N) is 1. The average molecular weight is 553 g/mol. The molecular formula is C29H32N2O9. The zero-order valence-corrected chi connectivity index (χ0v) is 22.6. The van der Waals surface area contributed by atoms with E-state index in [4.69, 9.17) is 29.1 Å². The van der Waals surface area contributed by atoms with Gasteiger partial charge in [0.1, 0.15) is 11.5 Å². The molecule has 1 atom stereocenters. The highest BCUT2D eigenvalue weighted by Crippen LogP contribution is 2.36. The Hall–Kier alpha value is -4.51. The van der Waals surface area contributed by atoms with E-state index in [9.17, 15) is 19.5 Å². The zero-order valence-electron chi connectivity index (χ0n) is 22.6. The molecule has 0 radical (unpaired) electrons. The van der Waals surface area contributed by atoms with E-state index in [1.165, 1.54) is 13.2 Å². The molecule has 11 heteroatoms. The molecule has 0 aliphatic carbocycles. The van der Waals surface area contributed by atoms with Gasteiger partial charge < -0.3 is 34.2 Å². The Morgan fingerprint density at radius 3 is 2.48 bits per heavy atom. The Bertz CT molecular complexity index is 1450. The van der Waals surface area contributed by atoms with Gasteiger partial charge in [-0.2, -0.15) is 0 Å². The van der Waals surface area contributed by atoms with E-state index in [-0.39, 0.29) is 18.8 Å². The molecule has 0 unspecified atom stereocenters. The van der Waals surface area contributed by atoms with Crippen molar-refractivity contribution in [2.24, 2.45) is 5.73 Å². The Labute approximate surface area is 231 Å². The summed E-state index contributed by atoms with van der Waals surface area (Å²) < 4.78 is 27.2. The second-order valence-electron chi connectivity index (χ2n) is 9.39. The molecule has 40 heavy (non-hydrogen) atoms. The number of carbonyl (C=O) groups excluding carboxylic acids is 2. The summed E-state index contributed by atoms with van der Waals surface area (Å²) in [5.41, 5.74) is 7.28. The fraction of sp³-hybridized carbons (Fsp3) is 0.345. The maximum absolute atomic E-state index is 12.8. The summed E-state index contributed by atoms with van der Waals surface area (Å²) in [5.74, 6) is -0.787. The molecule has 1 aliphatic heterocycles. The number of fused-ring (bicyclic) bond motifs is 1. The van der Waals surface area contributed by atoms with Gasteiger partial charge in [0.25, 0.3) is 5.91 Å². The van der Waals surface area contributed by atoms with Crippen LogP contribution in [0.1, 0.15) is 40.5 Å². The number of benzene rings is 2. The first-order valence-electron chi connectivity index (χ1n) is 12.6. The highest BCUT2D eigenvalue weighted by Gasteiger charge is 2.28. The van der Waals surface area contributed by atoms with Crippen LogP contribution in [0.5, 0.6) is 23.0 Å². The predicted octanol–water partition coefficient (Wildman–Crippen LogP) is 2.48. The summed E-state index contributed by atoms with van der Waals surface area (Å²) in [6, 6.07) is 11.7. The summed E-state index contributed by atoms with van der Waals surface area (Å²) in [6.45, 7) is 1.25. The SMILES string of the molecule is COC(=O)C[C@@H](c1cccc(OCC(N)=O)c1)c1oc(CN2CCc3cc(OC)c(OC)cc3C2)cc(=O)c1O. The maximum Gasteiger partial charge on any atom is 0.306 e. The largest absolute Gasteiger partial charge is 0.502 e. The van der Waals surface area contributed by atoms with Gasteiger partial charge in [-0.25, -0.2) is 0 Å². The smallest absolute Gasteiger partial charge is 0.306 e. The molecule has 1 amide bonds. The van der Waals surface area contributed by atoms with E-state index in [2.05, 4.69) is 4.90 Å². The lowest BCUT2D eigenvalue weighted by Gasteiger charge is -2.29. The van der Waals surface area contributed by atoms with Crippen molar-refractivity contribution in [1.29, 1.82) is 0 Å². The molecule has 0 fully saturated rings. The van der Waals surface area contributed by atoms with Crippen LogP contribution in [0.15, 0.2) is 51.7 Å². The lowest BCUT2D eigenvalue weighted by molar-refractivity contribution is -0.141. The number of hydrogen-bond donors (Lipinski definition) is 2. The van der Waals surface area contributed by atoms with Crippen molar-refractivity contribution < 1.29 is 38.1 Å². The van der Waals surface area contributed by atoms with Crippen molar-refractivity contribution in [2.45, 2.75) is 31.8 Å². The third-order valence-electron chi connectivity index (χ3n) is 6.73. The van der Waals surface area contributed by atoms with Crippen LogP contribution in [0.2, 0.25) is 0 Å². The van der Waals surface area contributed by atoms with Crippen LogP contribution in [-0.4, -0.2) is 56.4 Å². The highest BCUT2D eigenvalue weighted by molar-refractivity contribution is 5.75. The van der Waals surface area contributed by atoms with Gasteiger partial charge in [-0.3, -0.25) is 19.3 Å². The van der Waals surface area contributed by atoms with E-state index < -0.39 is 29.0 Å². The second kappa shape index (κ2) is 12.6. The first-order chi connectivity index (χ1) is 19.2. The summed E-state index contributed by atoms with van der Waals surface area (Å²) >= 11 is 0. The van der Waals surface area contributed by atoms with Crippen LogP contribution in [-0.2, 0) is 33.8 Å². The Kier molecular flexibility index (Phi) is 8.95. The molecule has 2 aromatic carbocycles. The van der Waals surface area contributed by atoms with Crippen LogP contribution in [0.4, 0.5) is 0 Å². The number of amides is 1. The molecule has 2 heterocycles. The minimum atomic E-state index is -0.865. The molecule has 1 aromatic heterocycles. The zero-order chi connectivity index (χ0) is 28.8. The summed E-state index contributed by atoms with van der Waals surface area (Å²) in [4.78, 5) is 38.4. The van der Waals surface area contributed by atoms with Crippen LogP contribution in [0, 0.1) is 0 Å². The number of primary amides is 1. The molecule has 1 aliphatic rings. The lowest BCUT2D eigenvalue weighted by atomic mass is 9.92. The number of hydrogen-bond acceptors (Lipinski definition) is 10. The summed E-state index contributed by atoms with van der Waals surface area (Å²) in [5, 5.41) is 10.7. The minimum Gasteiger partial charge on any atom is -0.502 e. The Morgan fingerprint density at radius 2 is 1.80 bits per heavy atom. The average Bonchev–Trinajstić information content (AvgIpc) is 2.95.